The molecule has 158 valence electrons. The van der Waals surface area contributed by atoms with Crippen molar-refractivity contribution in [1.82, 2.24) is 14.3 Å². The van der Waals surface area contributed by atoms with Gasteiger partial charge >= 0.3 is 6.03 Å². The largest absolute Gasteiger partial charge is 0.351 e. The van der Waals surface area contributed by atoms with Gasteiger partial charge in [-0.1, -0.05) is 31.9 Å². The van der Waals surface area contributed by atoms with Gasteiger partial charge < -0.3 is 19.5 Å². The van der Waals surface area contributed by atoms with Crippen LogP contribution in [0.1, 0.15) is 5.56 Å². The average molecular weight is 543 g/mol. The van der Waals surface area contributed by atoms with Crippen LogP contribution in [0.25, 0.3) is 16.6 Å². The SMILES string of the molecule is Cc1cc(NC(=O)N2CCN(c3nc4cc(Br)ccc4n4cccc34)CC2)ccc1Br. The van der Waals surface area contributed by atoms with Gasteiger partial charge in [0, 0.05) is 47.0 Å². The van der Waals surface area contributed by atoms with Crippen LogP contribution in [-0.2, 0) is 0 Å². The quantitative estimate of drug-likeness (QED) is 0.355. The van der Waals surface area contributed by atoms with E-state index in [0.717, 1.165) is 55.7 Å². The van der Waals surface area contributed by atoms with E-state index >= 15 is 0 Å². The van der Waals surface area contributed by atoms with Crippen LogP contribution < -0.4 is 10.2 Å². The number of carbonyl (C=O) groups is 1. The Morgan fingerprint density at radius 3 is 2.58 bits per heavy atom. The zero-order valence-corrected chi connectivity index (χ0v) is 20.1. The van der Waals surface area contributed by atoms with Gasteiger partial charge in [-0.15, -0.1) is 0 Å². The van der Waals surface area contributed by atoms with Gasteiger partial charge in [0.05, 0.1) is 16.6 Å². The Bertz CT molecular complexity index is 1290. The van der Waals surface area contributed by atoms with E-state index in [1.807, 2.05) is 48.2 Å². The van der Waals surface area contributed by atoms with Crippen LogP contribution in [-0.4, -0.2) is 46.5 Å². The summed E-state index contributed by atoms with van der Waals surface area (Å²) in [6, 6.07) is 16.1. The highest BCUT2D eigenvalue weighted by Crippen LogP contribution is 2.28. The highest BCUT2D eigenvalue weighted by atomic mass is 79.9. The van der Waals surface area contributed by atoms with Crippen LogP contribution in [0.3, 0.4) is 0 Å². The van der Waals surface area contributed by atoms with Gasteiger partial charge in [-0.2, -0.15) is 0 Å². The highest BCUT2D eigenvalue weighted by Gasteiger charge is 2.24. The van der Waals surface area contributed by atoms with Crippen molar-refractivity contribution in [3.05, 3.63) is 69.2 Å². The summed E-state index contributed by atoms with van der Waals surface area (Å²) in [4.78, 5) is 21.8. The van der Waals surface area contributed by atoms with Crippen LogP contribution in [0.2, 0.25) is 0 Å². The number of hydrogen-bond acceptors (Lipinski definition) is 3. The molecule has 0 spiro atoms. The van der Waals surface area contributed by atoms with Gasteiger partial charge in [-0.3, -0.25) is 0 Å². The number of anilines is 2. The number of benzene rings is 2. The normalized spacial score (nSPS) is 14.4. The van der Waals surface area contributed by atoms with Crippen molar-refractivity contribution in [2.45, 2.75) is 6.92 Å². The lowest BCUT2D eigenvalue weighted by atomic mass is 10.2. The molecule has 1 saturated heterocycles. The molecule has 0 bridgehead atoms. The van der Waals surface area contributed by atoms with Gasteiger partial charge in [-0.05, 0) is 61.0 Å². The lowest BCUT2D eigenvalue weighted by Gasteiger charge is -2.35. The summed E-state index contributed by atoms with van der Waals surface area (Å²) in [6.07, 6.45) is 2.07. The number of rotatable bonds is 2. The zero-order valence-electron chi connectivity index (χ0n) is 17.0. The molecule has 1 aliphatic heterocycles. The molecule has 0 radical (unpaired) electrons. The van der Waals surface area contributed by atoms with Crippen LogP contribution in [0.15, 0.2) is 63.7 Å². The van der Waals surface area contributed by atoms with E-state index in [1.165, 1.54) is 0 Å². The Kier molecular flexibility index (Phi) is 5.35. The predicted octanol–water partition coefficient (Wildman–Crippen LogP) is 5.68. The monoisotopic (exact) mass is 541 g/mol. The average Bonchev–Trinajstić information content (AvgIpc) is 3.26. The second-order valence-corrected chi connectivity index (χ2v) is 9.47. The van der Waals surface area contributed by atoms with E-state index in [1.54, 1.807) is 0 Å². The summed E-state index contributed by atoms with van der Waals surface area (Å²) in [6.45, 7) is 4.77. The number of amides is 2. The number of aromatic nitrogens is 2. The molecule has 1 fully saturated rings. The smallest absolute Gasteiger partial charge is 0.321 e. The van der Waals surface area contributed by atoms with Crippen LogP contribution in [0, 0.1) is 6.92 Å². The van der Waals surface area contributed by atoms with Crippen molar-refractivity contribution in [2.24, 2.45) is 0 Å². The molecule has 1 aliphatic rings. The van der Waals surface area contributed by atoms with Gasteiger partial charge in [0.2, 0.25) is 0 Å². The molecule has 2 aromatic carbocycles. The highest BCUT2D eigenvalue weighted by molar-refractivity contribution is 9.10. The molecule has 0 saturated carbocycles. The van der Waals surface area contributed by atoms with Crippen LogP contribution in [0.4, 0.5) is 16.3 Å². The minimum atomic E-state index is -0.0652. The van der Waals surface area contributed by atoms with E-state index in [0.29, 0.717) is 13.1 Å². The molecule has 2 aromatic heterocycles. The summed E-state index contributed by atoms with van der Waals surface area (Å²) in [5.41, 5.74) is 5.00. The van der Waals surface area contributed by atoms with Gasteiger partial charge in [0.25, 0.3) is 0 Å². The number of aryl methyl sites for hydroxylation is 1. The summed E-state index contributed by atoms with van der Waals surface area (Å²) in [7, 11) is 0. The molecule has 5 rings (SSSR count). The van der Waals surface area contributed by atoms with Gasteiger partial charge in [-0.25, -0.2) is 9.78 Å². The van der Waals surface area contributed by atoms with Crippen molar-refractivity contribution in [3.63, 3.8) is 0 Å². The molecule has 0 unspecified atom stereocenters. The fourth-order valence-corrected chi connectivity index (χ4v) is 4.61. The maximum atomic E-state index is 12.7. The van der Waals surface area contributed by atoms with E-state index in [9.17, 15) is 4.79 Å². The van der Waals surface area contributed by atoms with Crippen LogP contribution >= 0.6 is 31.9 Å². The standard InChI is InChI=1S/C23H21Br2N5O/c1-15-13-17(5-6-18(15)25)26-23(31)29-11-9-28(10-12-29)22-21-3-2-8-30(21)20-7-4-16(24)14-19(20)27-22/h2-8,13-14H,9-12H2,1H3,(H,26,31). The third-order valence-corrected chi connectivity index (χ3v) is 7.06. The number of carbonyl (C=O) groups excluding carboxylic acids is 1. The minimum Gasteiger partial charge on any atom is -0.351 e. The fraction of sp³-hybridized carbons (Fsp3) is 0.217. The van der Waals surface area contributed by atoms with E-state index < -0.39 is 0 Å². The molecular formula is C23H21Br2N5O. The molecule has 8 heteroatoms. The maximum absolute atomic E-state index is 12.7. The van der Waals surface area contributed by atoms with E-state index in [4.69, 9.17) is 4.98 Å². The summed E-state index contributed by atoms with van der Waals surface area (Å²) < 4.78 is 4.22. The van der Waals surface area contributed by atoms with Crippen molar-refractivity contribution >= 4 is 65.9 Å². The minimum absolute atomic E-state index is 0.0652. The Labute approximate surface area is 197 Å². The second kappa shape index (κ2) is 8.16. The number of hydrogen-bond donors (Lipinski definition) is 1. The molecule has 0 atom stereocenters. The molecule has 4 aromatic rings. The number of piperazine rings is 1. The zero-order chi connectivity index (χ0) is 21.5. The molecule has 31 heavy (non-hydrogen) atoms. The number of fused-ring (bicyclic) bond motifs is 3. The fourth-order valence-electron chi connectivity index (χ4n) is 4.01. The molecular weight excluding hydrogens is 522 g/mol. The predicted molar refractivity (Wildman–Crippen MR) is 132 cm³/mol. The van der Waals surface area contributed by atoms with Crippen molar-refractivity contribution in [3.8, 4) is 0 Å². The van der Waals surface area contributed by atoms with Gasteiger partial charge in [0.15, 0.2) is 5.82 Å². The number of urea groups is 1. The third-order valence-electron chi connectivity index (χ3n) is 5.68. The number of nitrogens with zero attached hydrogens (tertiary/aromatic N) is 4. The van der Waals surface area contributed by atoms with Crippen LogP contribution in [0.5, 0.6) is 0 Å². The van der Waals surface area contributed by atoms with Crippen molar-refractivity contribution in [2.75, 3.05) is 36.4 Å². The summed E-state index contributed by atoms with van der Waals surface area (Å²) in [5, 5.41) is 3.01. The number of nitrogens with one attached hydrogen (secondary N) is 1. The molecule has 6 nitrogen and oxygen atoms in total. The first-order chi connectivity index (χ1) is 15.0. The first kappa shape index (κ1) is 20.3. The molecule has 3 heterocycles. The summed E-state index contributed by atoms with van der Waals surface area (Å²) in [5.74, 6) is 0.958. The molecule has 1 N–H and O–H groups in total. The first-order valence-corrected chi connectivity index (χ1v) is 11.7. The Morgan fingerprint density at radius 1 is 1.00 bits per heavy atom. The topological polar surface area (TPSA) is 52.9 Å². The number of halogens is 2. The Balaban J connectivity index is 1.34. The summed E-state index contributed by atoms with van der Waals surface area (Å²) >= 11 is 7.05. The van der Waals surface area contributed by atoms with Gasteiger partial charge in [0.1, 0.15) is 0 Å². The van der Waals surface area contributed by atoms with Crippen molar-refractivity contribution < 1.29 is 4.79 Å². The Morgan fingerprint density at radius 2 is 1.81 bits per heavy atom. The van der Waals surface area contributed by atoms with E-state index in [2.05, 4.69) is 64.8 Å². The molecule has 2 amide bonds. The second-order valence-electron chi connectivity index (χ2n) is 7.70. The lowest BCUT2D eigenvalue weighted by molar-refractivity contribution is 0.208. The van der Waals surface area contributed by atoms with E-state index in [-0.39, 0.29) is 6.03 Å². The lowest BCUT2D eigenvalue weighted by Crippen LogP contribution is -2.50. The third kappa shape index (κ3) is 3.90. The molecule has 0 aliphatic carbocycles. The Hall–Kier alpha value is -2.58. The van der Waals surface area contributed by atoms with Crippen molar-refractivity contribution in [1.29, 1.82) is 0 Å². The maximum Gasteiger partial charge on any atom is 0.321 e. The first-order valence-electron chi connectivity index (χ1n) is 10.1.